The van der Waals surface area contributed by atoms with Crippen LogP contribution in [-0.4, -0.2) is 4.21 Å². The summed E-state index contributed by atoms with van der Waals surface area (Å²) in [6.07, 6.45) is 14.1. The van der Waals surface area contributed by atoms with Crippen molar-refractivity contribution in [3.63, 3.8) is 0 Å². The number of rotatable bonds is 5. The van der Waals surface area contributed by atoms with Crippen LogP contribution in [0, 0.1) is 0 Å². The van der Waals surface area contributed by atoms with Gasteiger partial charge in [0.15, 0.2) is 0 Å². The average molecular weight is 519 g/mol. The Kier molecular flexibility index (Phi) is 12.4. The van der Waals surface area contributed by atoms with Crippen LogP contribution in [0.5, 0.6) is 0 Å². The molecule has 0 amide bonds. The number of hydrogen-bond acceptors (Lipinski definition) is 0. The van der Waals surface area contributed by atoms with E-state index in [1.807, 2.05) is 12.1 Å². The fourth-order valence-corrected chi connectivity index (χ4v) is 8.29. The van der Waals surface area contributed by atoms with Crippen LogP contribution in [0.2, 0.25) is 0 Å². The van der Waals surface area contributed by atoms with Gasteiger partial charge in [0, 0.05) is 0 Å². The molecule has 0 bridgehead atoms. The first-order chi connectivity index (χ1) is 13.7. The summed E-state index contributed by atoms with van der Waals surface area (Å²) in [7, 11) is 0. The zero-order valence-electron chi connectivity index (χ0n) is 17.9. The van der Waals surface area contributed by atoms with Crippen LogP contribution >= 0.6 is 24.8 Å². The van der Waals surface area contributed by atoms with Crippen molar-refractivity contribution in [3.05, 3.63) is 103 Å². The van der Waals surface area contributed by atoms with Gasteiger partial charge in [-0.2, -0.15) is 0 Å². The number of allylic oxidation sites excluding steroid dienone is 8. The maximum Gasteiger partial charge on any atom is -0.0184 e. The van der Waals surface area contributed by atoms with Crippen LogP contribution in [0.25, 0.3) is 11.1 Å². The third-order valence-electron chi connectivity index (χ3n) is 5.44. The van der Waals surface area contributed by atoms with E-state index in [9.17, 15) is 0 Å². The molecule has 0 atom stereocenters. The fourth-order valence-electron chi connectivity index (χ4n) is 3.74. The van der Waals surface area contributed by atoms with Crippen molar-refractivity contribution >= 4 is 29.0 Å². The first kappa shape index (κ1) is 26.8. The molecule has 0 radical (unpaired) electrons. The molecule has 2 aromatic rings. The van der Waals surface area contributed by atoms with Crippen molar-refractivity contribution in [1.29, 1.82) is 0 Å². The zero-order valence-corrected chi connectivity index (χ0v) is 22.0. The first-order valence-electron chi connectivity index (χ1n) is 10.3. The summed E-state index contributed by atoms with van der Waals surface area (Å²) in [5.41, 5.74) is 5.83. The number of halogens is 2. The van der Waals surface area contributed by atoms with E-state index >= 15 is 0 Å². The largest absolute Gasteiger partial charge is 0.0622 e. The molecule has 4 rings (SSSR count). The third kappa shape index (κ3) is 7.16. The van der Waals surface area contributed by atoms with E-state index in [4.69, 9.17) is 0 Å². The summed E-state index contributed by atoms with van der Waals surface area (Å²) in [6, 6.07) is 20.8. The molecule has 0 heterocycles. The van der Waals surface area contributed by atoms with E-state index in [1.165, 1.54) is 36.8 Å². The first-order valence-corrected chi connectivity index (χ1v) is 14.5. The Morgan fingerprint density at radius 1 is 0.800 bits per heavy atom. The summed E-state index contributed by atoms with van der Waals surface area (Å²) in [6.45, 7) is 4.55. The molecule has 158 valence electrons. The van der Waals surface area contributed by atoms with E-state index < -0.39 is 21.3 Å². The summed E-state index contributed by atoms with van der Waals surface area (Å²) < 4.78 is 7.91. The van der Waals surface area contributed by atoms with Gasteiger partial charge >= 0.3 is 107 Å². The van der Waals surface area contributed by atoms with E-state index in [1.54, 1.807) is 17.7 Å². The van der Waals surface area contributed by atoms with Gasteiger partial charge < -0.3 is 0 Å². The van der Waals surface area contributed by atoms with Crippen molar-refractivity contribution in [2.75, 3.05) is 0 Å². The molecule has 0 aromatic heterocycles. The van der Waals surface area contributed by atoms with Gasteiger partial charge in [-0.3, -0.25) is 0 Å². The fraction of sp³-hybridized carbons (Fsp3) is 0.222. The third-order valence-corrected chi connectivity index (χ3v) is 11.0. The summed E-state index contributed by atoms with van der Waals surface area (Å²) in [5.74, 6) is 0. The Bertz CT molecular complexity index is 898. The Labute approximate surface area is 202 Å². The van der Waals surface area contributed by atoms with Crippen LogP contribution in [0.4, 0.5) is 0 Å². The Morgan fingerprint density at radius 2 is 1.37 bits per heavy atom. The normalized spacial score (nSPS) is 14.1. The van der Waals surface area contributed by atoms with Crippen LogP contribution in [0.15, 0.2) is 103 Å². The quantitative estimate of drug-likeness (QED) is 0.372. The molecule has 0 unspecified atom stereocenters. The molecule has 2 aliphatic carbocycles. The maximum atomic E-state index is 4.53. The van der Waals surface area contributed by atoms with Crippen molar-refractivity contribution < 1.29 is 21.3 Å². The number of benzene rings is 2. The van der Waals surface area contributed by atoms with Gasteiger partial charge in [0.05, 0.1) is 0 Å². The van der Waals surface area contributed by atoms with E-state index in [0.717, 1.165) is 0 Å². The summed E-state index contributed by atoms with van der Waals surface area (Å²) >= 11 is -1.64. The molecule has 0 fully saturated rings. The molecule has 0 N–H and O–H groups in total. The monoisotopic (exact) mass is 516 g/mol. The van der Waals surface area contributed by atoms with Gasteiger partial charge in [0.25, 0.3) is 0 Å². The summed E-state index contributed by atoms with van der Waals surface area (Å²) in [4.78, 5) is 0. The van der Waals surface area contributed by atoms with Crippen molar-refractivity contribution in [2.45, 2.75) is 39.5 Å². The second kappa shape index (κ2) is 13.9. The molecule has 2 aliphatic rings. The second-order valence-electron chi connectivity index (χ2n) is 7.22. The van der Waals surface area contributed by atoms with Gasteiger partial charge in [-0.05, 0) is 11.1 Å². The molecule has 0 nitrogen and oxygen atoms in total. The predicted molar refractivity (Wildman–Crippen MR) is 136 cm³/mol. The van der Waals surface area contributed by atoms with Crippen LogP contribution < -0.4 is 0 Å². The minimum absolute atomic E-state index is 0. The van der Waals surface area contributed by atoms with E-state index in [2.05, 4.69) is 90.9 Å². The smallest absolute Gasteiger partial charge is 0.0184 e. The molecular formula is C27H32Cl2Zr. The zero-order chi connectivity index (χ0) is 19.8. The molecule has 0 saturated heterocycles. The minimum Gasteiger partial charge on any atom is -0.0622 e. The van der Waals surface area contributed by atoms with E-state index in [0.29, 0.717) is 0 Å². The molecule has 0 spiro atoms. The molecule has 0 aliphatic heterocycles. The van der Waals surface area contributed by atoms with Crippen molar-refractivity contribution in [1.82, 2.24) is 0 Å². The Balaban J connectivity index is 0.000000290. The molecular weight excluding hydrogens is 486 g/mol. The average Bonchev–Trinajstić information content (AvgIpc) is 3.45. The minimum atomic E-state index is -1.64. The second-order valence-corrected chi connectivity index (χ2v) is 12.7. The van der Waals surface area contributed by atoms with Gasteiger partial charge in [0.2, 0.25) is 0 Å². The predicted octanol–water partition coefficient (Wildman–Crippen LogP) is 8.48. The molecule has 2 aromatic carbocycles. The van der Waals surface area contributed by atoms with Gasteiger partial charge in [-0.1, -0.05) is 60.7 Å². The molecule has 30 heavy (non-hydrogen) atoms. The Hall–Kier alpha value is -1.27. The Morgan fingerprint density at radius 3 is 1.77 bits per heavy atom. The SMILES string of the molecule is Cl.Cl.[CH2]=[Zr]([C]1=CC=CC1)[C]1=CC(CC)=C(CC)C1.c1ccc(-c2ccccc2)cc1. The molecule has 3 heteroatoms. The topological polar surface area (TPSA) is 0 Å². The van der Waals surface area contributed by atoms with Gasteiger partial charge in [-0.25, -0.2) is 0 Å². The molecule has 0 saturated carbocycles. The van der Waals surface area contributed by atoms with Crippen molar-refractivity contribution in [2.24, 2.45) is 0 Å². The maximum absolute atomic E-state index is 4.53. The van der Waals surface area contributed by atoms with Gasteiger partial charge in [-0.15, -0.1) is 24.8 Å². The van der Waals surface area contributed by atoms with Crippen molar-refractivity contribution in [3.8, 4) is 11.1 Å². The van der Waals surface area contributed by atoms with Crippen LogP contribution in [-0.2, 0) is 21.3 Å². The van der Waals surface area contributed by atoms with Crippen LogP contribution in [0.3, 0.4) is 0 Å². The van der Waals surface area contributed by atoms with Crippen LogP contribution in [0.1, 0.15) is 39.5 Å². The number of hydrogen-bond donors (Lipinski definition) is 0. The van der Waals surface area contributed by atoms with E-state index in [-0.39, 0.29) is 24.8 Å². The van der Waals surface area contributed by atoms with Gasteiger partial charge in [0.1, 0.15) is 0 Å². The summed E-state index contributed by atoms with van der Waals surface area (Å²) in [5, 5.41) is 0. The standard InChI is InChI=1S/C12H10.C9H13.C5H5.CH2.2ClH.Zr/c1-3-7-11(8-4-1)12-9-5-2-6-10-12;1-3-8-6-5-7-9(8)4-2;1-2-4-5-3-1;;;;/h1-10H;6H,3-4,7H2,1-2H3;1-3H,4H2;1H2;2*1H;.